The lowest BCUT2D eigenvalue weighted by atomic mass is 9.92. The van der Waals surface area contributed by atoms with Crippen molar-refractivity contribution in [1.29, 1.82) is 0 Å². The van der Waals surface area contributed by atoms with Gasteiger partial charge < -0.3 is 9.64 Å². The van der Waals surface area contributed by atoms with Gasteiger partial charge in [-0.25, -0.2) is 0 Å². The molecule has 2 aromatic carbocycles. The quantitative estimate of drug-likeness (QED) is 0.710. The first kappa shape index (κ1) is 17.8. The van der Waals surface area contributed by atoms with Crippen molar-refractivity contribution in [2.45, 2.75) is 25.5 Å². The van der Waals surface area contributed by atoms with Gasteiger partial charge in [-0.15, -0.1) is 0 Å². The van der Waals surface area contributed by atoms with Crippen LogP contribution in [0.2, 0.25) is 10.0 Å². The highest BCUT2D eigenvalue weighted by atomic mass is 35.5. The van der Waals surface area contributed by atoms with Crippen molar-refractivity contribution in [2.24, 2.45) is 11.8 Å². The summed E-state index contributed by atoms with van der Waals surface area (Å²) in [7, 11) is 0. The summed E-state index contributed by atoms with van der Waals surface area (Å²) in [6, 6.07) is 15.2. The number of halogens is 2. The number of hydrogen-bond donors (Lipinski definition) is 0. The van der Waals surface area contributed by atoms with Crippen LogP contribution in [-0.2, 0) is 9.53 Å². The van der Waals surface area contributed by atoms with Gasteiger partial charge in [0.05, 0.1) is 6.04 Å². The third kappa shape index (κ3) is 3.62. The summed E-state index contributed by atoms with van der Waals surface area (Å²) < 4.78 is 6.00. The maximum absolute atomic E-state index is 12.7. The predicted molar refractivity (Wildman–Crippen MR) is 103 cm³/mol. The molecule has 0 N–H and O–H groups in total. The molecule has 4 rings (SSSR count). The summed E-state index contributed by atoms with van der Waals surface area (Å²) in [4.78, 5) is 14.7. The maximum Gasteiger partial charge on any atom is 0.249 e. The Morgan fingerprint density at radius 2 is 1.81 bits per heavy atom. The van der Waals surface area contributed by atoms with Crippen molar-refractivity contribution >= 4 is 29.1 Å². The minimum absolute atomic E-state index is 0.0438. The molecule has 2 aliphatic rings. The van der Waals surface area contributed by atoms with Crippen LogP contribution in [0.1, 0.15) is 36.6 Å². The van der Waals surface area contributed by atoms with E-state index >= 15 is 0 Å². The molecule has 0 radical (unpaired) electrons. The minimum Gasteiger partial charge on any atom is -0.361 e. The van der Waals surface area contributed by atoms with Gasteiger partial charge in [0.1, 0.15) is 12.7 Å². The first-order valence-electron chi connectivity index (χ1n) is 8.95. The second kappa shape index (κ2) is 7.22. The molecule has 2 fully saturated rings. The number of carbonyl (C=O) groups excluding carboxylic acids is 1. The Balaban J connectivity index is 1.73. The average molecular weight is 390 g/mol. The molecule has 0 unspecified atom stereocenters. The van der Waals surface area contributed by atoms with Gasteiger partial charge in [-0.05, 0) is 53.6 Å². The van der Waals surface area contributed by atoms with Crippen molar-refractivity contribution in [3.8, 4) is 0 Å². The standard InChI is InChI=1S/C21H21Cl2NO2/c1-13-9-16(13)11-24-19(25)12-26-21(15-3-2-4-18(23)10-15)20(24)14-5-7-17(22)8-6-14/h2-8,10,13,16,20-21H,9,11-12H2,1H3/t13-,16+,20+,21-/m1/s1. The van der Waals surface area contributed by atoms with Crippen LogP contribution in [0.15, 0.2) is 48.5 Å². The number of ether oxygens (including phenoxy) is 1. The number of nitrogens with zero attached hydrogens (tertiary/aromatic N) is 1. The smallest absolute Gasteiger partial charge is 0.249 e. The largest absolute Gasteiger partial charge is 0.361 e. The first-order chi connectivity index (χ1) is 12.5. The summed E-state index contributed by atoms with van der Waals surface area (Å²) >= 11 is 12.3. The molecule has 136 valence electrons. The molecule has 4 atom stereocenters. The van der Waals surface area contributed by atoms with Crippen molar-refractivity contribution in [3.05, 3.63) is 69.7 Å². The van der Waals surface area contributed by atoms with Crippen LogP contribution < -0.4 is 0 Å². The zero-order valence-corrected chi connectivity index (χ0v) is 16.1. The summed E-state index contributed by atoms with van der Waals surface area (Å²) in [5.41, 5.74) is 2.01. The van der Waals surface area contributed by atoms with Gasteiger partial charge in [0.25, 0.3) is 0 Å². The Labute approximate surface area is 163 Å². The number of rotatable bonds is 4. The zero-order chi connectivity index (χ0) is 18.3. The summed E-state index contributed by atoms with van der Waals surface area (Å²) in [5.74, 6) is 1.30. The van der Waals surface area contributed by atoms with Crippen molar-refractivity contribution < 1.29 is 9.53 Å². The van der Waals surface area contributed by atoms with Crippen LogP contribution in [0.4, 0.5) is 0 Å². The Morgan fingerprint density at radius 1 is 1.08 bits per heavy atom. The lowest BCUT2D eigenvalue weighted by Crippen LogP contribution is -2.46. The highest BCUT2D eigenvalue weighted by Gasteiger charge is 2.43. The van der Waals surface area contributed by atoms with Crippen molar-refractivity contribution in [2.75, 3.05) is 13.2 Å². The fraction of sp³-hybridized carbons (Fsp3) is 0.381. The molecule has 1 aliphatic heterocycles. The molecule has 5 heteroatoms. The Bertz CT molecular complexity index is 808. The van der Waals surface area contributed by atoms with E-state index in [9.17, 15) is 4.79 Å². The molecule has 0 aromatic heterocycles. The second-order valence-electron chi connectivity index (χ2n) is 7.30. The van der Waals surface area contributed by atoms with E-state index in [1.165, 1.54) is 6.42 Å². The molecule has 1 saturated carbocycles. The van der Waals surface area contributed by atoms with Gasteiger partial charge in [-0.3, -0.25) is 4.79 Å². The number of amides is 1. The fourth-order valence-corrected chi connectivity index (χ4v) is 4.08. The number of carbonyl (C=O) groups is 1. The highest BCUT2D eigenvalue weighted by Crippen LogP contribution is 2.45. The Hall–Kier alpha value is -1.55. The number of hydrogen-bond acceptors (Lipinski definition) is 2. The van der Waals surface area contributed by atoms with Crippen LogP contribution >= 0.6 is 23.2 Å². The first-order valence-corrected chi connectivity index (χ1v) is 9.70. The molecular weight excluding hydrogens is 369 g/mol. The third-order valence-electron chi connectivity index (χ3n) is 5.43. The van der Waals surface area contributed by atoms with E-state index in [4.69, 9.17) is 27.9 Å². The molecule has 26 heavy (non-hydrogen) atoms. The van der Waals surface area contributed by atoms with Crippen molar-refractivity contribution in [1.82, 2.24) is 4.90 Å². The molecule has 1 heterocycles. The molecule has 0 bridgehead atoms. The van der Waals surface area contributed by atoms with Crippen LogP contribution in [0.3, 0.4) is 0 Å². The van der Waals surface area contributed by atoms with Crippen LogP contribution in [0, 0.1) is 11.8 Å². The Kier molecular flexibility index (Phi) is 4.96. The predicted octanol–water partition coefficient (Wildman–Crippen LogP) is 5.29. The molecule has 3 nitrogen and oxygen atoms in total. The van der Waals surface area contributed by atoms with E-state index in [2.05, 4.69) is 6.92 Å². The van der Waals surface area contributed by atoms with E-state index in [0.717, 1.165) is 17.7 Å². The number of benzene rings is 2. The molecule has 0 spiro atoms. The third-order valence-corrected chi connectivity index (χ3v) is 5.91. The van der Waals surface area contributed by atoms with Crippen LogP contribution in [0.25, 0.3) is 0 Å². The second-order valence-corrected chi connectivity index (χ2v) is 8.18. The summed E-state index contributed by atoms with van der Waals surface area (Å²) in [6.45, 7) is 3.11. The van der Waals surface area contributed by atoms with Gasteiger partial charge in [-0.1, -0.05) is 54.4 Å². The summed E-state index contributed by atoms with van der Waals surface area (Å²) in [6.07, 6.45) is 0.932. The fourth-order valence-electron chi connectivity index (χ4n) is 3.75. The topological polar surface area (TPSA) is 29.5 Å². The van der Waals surface area contributed by atoms with Crippen LogP contribution in [0.5, 0.6) is 0 Å². The van der Waals surface area contributed by atoms with Crippen molar-refractivity contribution in [3.63, 3.8) is 0 Å². The zero-order valence-electron chi connectivity index (χ0n) is 14.6. The SMILES string of the molecule is C[C@@H]1C[C@H]1CN1C(=O)CO[C@H](c2cccc(Cl)c2)[C@@H]1c1ccc(Cl)cc1. The average Bonchev–Trinajstić information content (AvgIpc) is 3.32. The summed E-state index contributed by atoms with van der Waals surface area (Å²) in [5, 5.41) is 1.35. The monoisotopic (exact) mass is 389 g/mol. The van der Waals surface area contributed by atoms with Crippen LogP contribution in [-0.4, -0.2) is 24.0 Å². The Morgan fingerprint density at radius 3 is 2.46 bits per heavy atom. The van der Waals surface area contributed by atoms with E-state index in [1.54, 1.807) is 0 Å². The normalized spacial score (nSPS) is 28.3. The van der Waals surface area contributed by atoms with Gasteiger partial charge in [0, 0.05) is 16.6 Å². The van der Waals surface area contributed by atoms with E-state index in [0.29, 0.717) is 21.9 Å². The lowest BCUT2D eigenvalue weighted by Gasteiger charge is -2.42. The molecule has 1 saturated heterocycles. The van der Waals surface area contributed by atoms with Gasteiger partial charge in [0.2, 0.25) is 5.91 Å². The van der Waals surface area contributed by atoms with Gasteiger partial charge >= 0.3 is 0 Å². The maximum atomic E-state index is 12.7. The van der Waals surface area contributed by atoms with E-state index < -0.39 is 0 Å². The lowest BCUT2D eigenvalue weighted by molar-refractivity contribution is -0.159. The number of morpholine rings is 1. The van der Waals surface area contributed by atoms with E-state index in [1.807, 2.05) is 53.4 Å². The molecule has 1 amide bonds. The van der Waals surface area contributed by atoms with E-state index in [-0.39, 0.29) is 24.7 Å². The van der Waals surface area contributed by atoms with Gasteiger partial charge in [0.15, 0.2) is 0 Å². The molecule has 2 aromatic rings. The van der Waals surface area contributed by atoms with Gasteiger partial charge in [-0.2, -0.15) is 0 Å². The minimum atomic E-state index is -0.248. The molecule has 1 aliphatic carbocycles. The molecular formula is C21H21Cl2NO2. The highest BCUT2D eigenvalue weighted by molar-refractivity contribution is 6.30.